The second-order valence-corrected chi connectivity index (χ2v) is 14.5. The molecule has 0 aromatic heterocycles. The average molecular weight is 772 g/mol. The van der Waals surface area contributed by atoms with Crippen LogP contribution in [0.25, 0.3) is 0 Å². The van der Waals surface area contributed by atoms with Gasteiger partial charge in [-0.25, -0.2) is 0 Å². The maximum Gasteiger partial charge on any atom is 0.254 e. The summed E-state index contributed by atoms with van der Waals surface area (Å²) in [4.78, 5) is 13.0. The molecule has 4 saturated heterocycles. The number of β-amino-alcohol motifs (C(OH)–C–C–N with tert-alkyl or cyclic N) is 1. The number of hydrogen-bond acceptors (Lipinski definition) is 22. The lowest BCUT2D eigenvalue weighted by Crippen LogP contribution is -2.71. The van der Waals surface area contributed by atoms with Crippen LogP contribution >= 0.6 is 0 Å². The highest BCUT2D eigenvalue weighted by atomic mass is 16.8. The van der Waals surface area contributed by atoms with E-state index >= 15 is 0 Å². The molecule has 1 amide bonds. The molecule has 23 heteroatoms. The van der Waals surface area contributed by atoms with Crippen molar-refractivity contribution < 1.29 is 79.2 Å². The lowest BCUT2D eigenvalue weighted by molar-refractivity contribution is -0.297. The first-order chi connectivity index (χ1) is 25.1. The third-order valence-corrected chi connectivity index (χ3v) is 10.5. The fourth-order valence-corrected chi connectivity index (χ4v) is 7.09. The van der Waals surface area contributed by atoms with Crippen molar-refractivity contribution >= 4 is 5.91 Å². The SMILES string of the molecule is NC[C@@H]1O[C@H](O[C@H]2[C@@H](O)[C@H](O[C@@H]3[C@@H](O)[C@H](NC(=O)C4(O)CNC4)C[C@H](N)[C@H]3O[C@H]3O[C@H](CNCC(O)CO)[C@@H](O)C[C@H]3N)O[C@@H]2CO)[C@H](N)[C@@H](O)[C@@H]1O. The van der Waals surface area contributed by atoms with E-state index in [0.717, 1.165) is 0 Å². The predicted octanol–water partition coefficient (Wildman–Crippen LogP) is -10.4. The number of amides is 1. The molecule has 0 spiro atoms. The van der Waals surface area contributed by atoms with Crippen LogP contribution in [0.5, 0.6) is 0 Å². The lowest BCUT2D eigenvalue weighted by Gasteiger charge is -2.48. The minimum atomic E-state index is -1.72. The smallest absolute Gasteiger partial charge is 0.254 e. The molecule has 1 unspecified atom stereocenters. The monoisotopic (exact) mass is 771 g/mol. The Kier molecular flexibility index (Phi) is 14.7. The number of carbonyl (C=O) groups excluding carboxylic acids is 1. The Bertz CT molecular complexity index is 1180. The van der Waals surface area contributed by atoms with Gasteiger partial charge >= 0.3 is 0 Å². The van der Waals surface area contributed by atoms with Gasteiger partial charge in [-0.15, -0.1) is 0 Å². The van der Waals surface area contributed by atoms with Gasteiger partial charge in [0, 0.05) is 38.8 Å². The number of aliphatic hydroxyl groups excluding tert-OH is 8. The zero-order chi connectivity index (χ0) is 38.8. The summed E-state index contributed by atoms with van der Waals surface area (Å²) in [6.45, 7) is -1.36. The van der Waals surface area contributed by atoms with E-state index in [0.29, 0.717) is 0 Å². The number of nitrogens with two attached hydrogens (primary N) is 4. The highest BCUT2D eigenvalue weighted by Crippen LogP contribution is 2.35. The number of rotatable bonds is 15. The van der Waals surface area contributed by atoms with Gasteiger partial charge in [-0.3, -0.25) is 4.79 Å². The second-order valence-electron chi connectivity index (χ2n) is 14.5. The van der Waals surface area contributed by atoms with Gasteiger partial charge in [0.15, 0.2) is 24.5 Å². The van der Waals surface area contributed by atoms with Gasteiger partial charge in [0.2, 0.25) is 0 Å². The molecule has 5 rings (SSSR count). The molecule has 0 aromatic rings. The number of hydrogen-bond donors (Lipinski definition) is 16. The number of nitrogens with one attached hydrogen (secondary N) is 3. The first kappa shape index (κ1) is 42.8. The van der Waals surface area contributed by atoms with Crippen LogP contribution in [0, 0.1) is 0 Å². The Morgan fingerprint density at radius 2 is 1.45 bits per heavy atom. The van der Waals surface area contributed by atoms with Crippen LogP contribution in [-0.4, -0.2) is 220 Å². The molecule has 5 aliphatic rings. The summed E-state index contributed by atoms with van der Waals surface area (Å²) < 4.78 is 35.7. The van der Waals surface area contributed by atoms with E-state index in [2.05, 4.69) is 16.0 Å². The maximum atomic E-state index is 13.0. The van der Waals surface area contributed by atoms with Gasteiger partial charge in [0.05, 0.1) is 49.7 Å². The molecular formula is C30H57N7O16. The molecule has 4 aliphatic heterocycles. The van der Waals surface area contributed by atoms with Gasteiger partial charge in [-0.05, 0) is 12.8 Å². The normalized spacial score (nSPS) is 46.4. The zero-order valence-corrected chi connectivity index (χ0v) is 29.0. The van der Waals surface area contributed by atoms with Crippen LogP contribution in [-0.2, 0) is 33.2 Å². The highest BCUT2D eigenvalue weighted by molar-refractivity contribution is 5.87. The van der Waals surface area contributed by atoms with Gasteiger partial charge in [-0.1, -0.05) is 0 Å². The molecule has 0 bridgehead atoms. The summed E-state index contributed by atoms with van der Waals surface area (Å²) in [5.74, 6) is -0.767. The molecule has 5 fully saturated rings. The first-order valence-electron chi connectivity index (χ1n) is 17.8. The molecule has 1 saturated carbocycles. The summed E-state index contributed by atoms with van der Waals surface area (Å²) in [5, 5.41) is 102. The number of aliphatic hydroxyl groups is 9. The fraction of sp³-hybridized carbons (Fsp3) is 0.967. The Balaban J connectivity index is 1.34. The predicted molar refractivity (Wildman–Crippen MR) is 176 cm³/mol. The van der Waals surface area contributed by atoms with E-state index in [1.54, 1.807) is 0 Å². The van der Waals surface area contributed by atoms with Crippen molar-refractivity contribution in [3.63, 3.8) is 0 Å². The van der Waals surface area contributed by atoms with Crippen LogP contribution in [0.3, 0.4) is 0 Å². The molecule has 53 heavy (non-hydrogen) atoms. The van der Waals surface area contributed by atoms with Crippen molar-refractivity contribution in [1.29, 1.82) is 0 Å². The van der Waals surface area contributed by atoms with Crippen molar-refractivity contribution in [2.45, 2.75) is 135 Å². The first-order valence-corrected chi connectivity index (χ1v) is 17.8. The molecule has 20 N–H and O–H groups in total. The van der Waals surface area contributed by atoms with Crippen LogP contribution in [0.15, 0.2) is 0 Å². The zero-order valence-electron chi connectivity index (χ0n) is 29.0. The topological polar surface area (TPSA) is 395 Å². The van der Waals surface area contributed by atoms with E-state index < -0.39 is 141 Å². The summed E-state index contributed by atoms with van der Waals surface area (Å²) in [6, 6.07) is -4.30. The van der Waals surface area contributed by atoms with E-state index in [4.69, 9.17) is 56.5 Å². The average Bonchev–Trinajstić information content (AvgIpc) is 3.41. The van der Waals surface area contributed by atoms with Crippen LogP contribution in [0.4, 0.5) is 0 Å². The summed E-state index contributed by atoms with van der Waals surface area (Å²) in [7, 11) is 0. The van der Waals surface area contributed by atoms with Crippen molar-refractivity contribution in [3.05, 3.63) is 0 Å². The van der Waals surface area contributed by atoms with E-state index in [1.165, 1.54) is 0 Å². The van der Waals surface area contributed by atoms with Crippen molar-refractivity contribution in [2.75, 3.05) is 45.9 Å². The maximum absolute atomic E-state index is 13.0. The van der Waals surface area contributed by atoms with Gasteiger partial charge < -0.3 is 113 Å². The van der Waals surface area contributed by atoms with Crippen LogP contribution < -0.4 is 38.9 Å². The van der Waals surface area contributed by atoms with E-state index in [-0.39, 0.29) is 45.6 Å². The molecular weight excluding hydrogens is 714 g/mol. The van der Waals surface area contributed by atoms with E-state index in [1.807, 2.05) is 0 Å². The quantitative estimate of drug-likeness (QED) is 0.0735. The third kappa shape index (κ3) is 9.44. The molecule has 0 radical (unpaired) electrons. The lowest BCUT2D eigenvalue weighted by atomic mass is 9.83. The van der Waals surface area contributed by atoms with Gasteiger partial charge in [0.25, 0.3) is 5.91 Å². The molecule has 4 heterocycles. The summed E-state index contributed by atoms with van der Waals surface area (Å²) in [5.41, 5.74) is 22.9. The third-order valence-electron chi connectivity index (χ3n) is 10.5. The van der Waals surface area contributed by atoms with Gasteiger partial charge in [0.1, 0.15) is 54.9 Å². The van der Waals surface area contributed by atoms with E-state index in [9.17, 15) is 45.6 Å². The summed E-state index contributed by atoms with van der Waals surface area (Å²) >= 11 is 0. The largest absolute Gasteiger partial charge is 0.394 e. The molecule has 23 nitrogen and oxygen atoms in total. The van der Waals surface area contributed by atoms with Crippen LogP contribution in [0.2, 0.25) is 0 Å². The van der Waals surface area contributed by atoms with Crippen molar-refractivity contribution in [3.8, 4) is 0 Å². The highest BCUT2D eigenvalue weighted by Gasteiger charge is 2.55. The van der Waals surface area contributed by atoms with Gasteiger partial charge in [-0.2, -0.15) is 0 Å². The molecule has 1 aliphatic carbocycles. The fourth-order valence-electron chi connectivity index (χ4n) is 7.09. The Labute approximate surface area is 304 Å². The minimum Gasteiger partial charge on any atom is -0.394 e. The number of ether oxygens (including phenoxy) is 6. The Morgan fingerprint density at radius 3 is 2.08 bits per heavy atom. The number of carbonyl (C=O) groups is 1. The standard InChI is InChI=1S/C30H57N7O16/c31-3-15-20(43)21(44)18(34)27(48-15)52-24-17(7-39)50-28(22(24)45)53-25-19(42)13(37-29(46)30(47)8-36-9-30)1-11(32)23(25)51-26-12(33)2-14(41)16(49-26)5-35-4-10(40)6-38/h10-28,35-36,38-45,47H,1-9,31-34H2,(H,37,46)/t10?,11-,12+,13+,14-,15-,16+,17+,18+,19-,20+,21+,22+,23+,24+,25+,26+,27+,28-/m0/s1. The Hall–Kier alpha value is -1.37. The van der Waals surface area contributed by atoms with Crippen LogP contribution in [0.1, 0.15) is 12.8 Å². The molecule has 19 atom stereocenters. The van der Waals surface area contributed by atoms with Crippen molar-refractivity contribution in [2.24, 2.45) is 22.9 Å². The minimum absolute atomic E-state index is 0.00671. The molecule has 0 aromatic carbocycles. The summed E-state index contributed by atoms with van der Waals surface area (Å²) in [6.07, 6.45) is -20.0. The Morgan fingerprint density at radius 1 is 0.811 bits per heavy atom. The van der Waals surface area contributed by atoms with Crippen molar-refractivity contribution in [1.82, 2.24) is 16.0 Å². The second kappa shape index (κ2) is 18.3. The molecule has 308 valence electrons.